The van der Waals surface area contributed by atoms with Crippen LogP contribution < -0.4 is 0 Å². The van der Waals surface area contributed by atoms with Crippen molar-refractivity contribution in [3.63, 3.8) is 0 Å². The van der Waals surface area contributed by atoms with Crippen LogP contribution in [0, 0.1) is 0 Å². The highest BCUT2D eigenvalue weighted by Gasteiger charge is 2.19. The molecule has 3 nitrogen and oxygen atoms in total. The van der Waals surface area contributed by atoms with E-state index >= 15 is 0 Å². The van der Waals surface area contributed by atoms with E-state index in [0.29, 0.717) is 6.54 Å². The van der Waals surface area contributed by atoms with Gasteiger partial charge in [0.1, 0.15) is 6.54 Å². The van der Waals surface area contributed by atoms with Gasteiger partial charge in [0.2, 0.25) is 0 Å². The lowest BCUT2D eigenvalue weighted by Gasteiger charge is -2.07. The van der Waals surface area contributed by atoms with Crippen LogP contribution in [0.15, 0.2) is 65.8 Å². The van der Waals surface area contributed by atoms with E-state index in [0.717, 1.165) is 27.7 Å². The Morgan fingerprint density at radius 3 is 2.65 bits per heavy atom. The molecule has 0 fully saturated rings. The van der Waals surface area contributed by atoms with Gasteiger partial charge in [0, 0.05) is 22.7 Å². The SMILES string of the molecule is O=C1Cn2ccc3cccc(c32)C(c2ccccc2)=N1. The van der Waals surface area contributed by atoms with Gasteiger partial charge in [-0.25, -0.2) is 4.99 Å². The lowest BCUT2D eigenvalue weighted by molar-refractivity contribution is -0.118. The molecule has 3 aromatic rings. The Kier molecular flexibility index (Phi) is 2.33. The van der Waals surface area contributed by atoms with Crippen molar-refractivity contribution in [2.75, 3.05) is 0 Å². The molecule has 0 aliphatic carbocycles. The van der Waals surface area contributed by atoms with Crippen molar-refractivity contribution in [1.82, 2.24) is 4.57 Å². The van der Waals surface area contributed by atoms with Gasteiger partial charge in [-0.1, -0.05) is 48.5 Å². The Morgan fingerprint density at radius 2 is 1.80 bits per heavy atom. The number of hydrogen-bond acceptors (Lipinski definition) is 1. The Bertz CT molecular complexity index is 844. The molecule has 0 radical (unpaired) electrons. The van der Waals surface area contributed by atoms with E-state index in [-0.39, 0.29) is 5.91 Å². The van der Waals surface area contributed by atoms with Gasteiger partial charge in [0.05, 0.1) is 11.2 Å². The maximum absolute atomic E-state index is 12.1. The summed E-state index contributed by atoms with van der Waals surface area (Å²) in [4.78, 5) is 16.4. The summed E-state index contributed by atoms with van der Waals surface area (Å²) in [6.07, 6.45) is 1.95. The van der Waals surface area contributed by atoms with Crippen molar-refractivity contribution in [2.45, 2.75) is 6.54 Å². The summed E-state index contributed by atoms with van der Waals surface area (Å²) in [5.41, 5.74) is 3.84. The van der Waals surface area contributed by atoms with E-state index < -0.39 is 0 Å². The third kappa shape index (κ3) is 1.60. The first-order valence-corrected chi connectivity index (χ1v) is 6.58. The average molecular weight is 260 g/mol. The summed E-state index contributed by atoms with van der Waals surface area (Å²) < 4.78 is 1.98. The number of nitrogens with zero attached hydrogens (tertiary/aromatic N) is 2. The molecule has 0 saturated carbocycles. The molecule has 0 N–H and O–H groups in total. The predicted octanol–water partition coefficient (Wildman–Crippen LogP) is 3.02. The third-order valence-corrected chi connectivity index (χ3v) is 3.63. The highest BCUT2D eigenvalue weighted by Crippen LogP contribution is 2.25. The molecule has 4 rings (SSSR count). The van der Waals surface area contributed by atoms with E-state index in [9.17, 15) is 4.79 Å². The van der Waals surface area contributed by atoms with Crippen molar-refractivity contribution in [2.24, 2.45) is 4.99 Å². The quantitative estimate of drug-likeness (QED) is 0.662. The number of aliphatic imine (C=N–C) groups is 1. The summed E-state index contributed by atoms with van der Waals surface area (Å²) >= 11 is 0. The largest absolute Gasteiger partial charge is 0.337 e. The molecule has 2 heterocycles. The monoisotopic (exact) mass is 260 g/mol. The standard InChI is InChI=1S/C17H12N2O/c20-15-11-19-10-9-13-7-4-8-14(17(13)19)16(18-15)12-5-2-1-3-6-12/h1-10H,11H2. The zero-order chi connectivity index (χ0) is 13.5. The van der Waals surface area contributed by atoms with Gasteiger partial charge in [-0.15, -0.1) is 0 Å². The van der Waals surface area contributed by atoms with Gasteiger partial charge in [0.25, 0.3) is 5.91 Å². The van der Waals surface area contributed by atoms with Crippen LogP contribution >= 0.6 is 0 Å². The van der Waals surface area contributed by atoms with E-state index in [1.54, 1.807) is 0 Å². The molecule has 1 aliphatic rings. The second-order valence-corrected chi connectivity index (χ2v) is 4.91. The van der Waals surface area contributed by atoms with Gasteiger partial charge in [-0.05, 0) is 6.07 Å². The van der Waals surface area contributed by atoms with Crippen molar-refractivity contribution >= 4 is 22.5 Å². The molecule has 0 spiro atoms. The fraction of sp³-hybridized carbons (Fsp3) is 0.0588. The molecule has 1 amide bonds. The van der Waals surface area contributed by atoms with Crippen LogP contribution in [0.5, 0.6) is 0 Å². The summed E-state index contributed by atoms with van der Waals surface area (Å²) in [7, 11) is 0. The van der Waals surface area contributed by atoms with Crippen molar-refractivity contribution in [3.05, 3.63) is 71.9 Å². The van der Waals surface area contributed by atoms with E-state index in [1.807, 2.05) is 59.3 Å². The predicted molar refractivity (Wildman–Crippen MR) is 79.0 cm³/mol. The van der Waals surface area contributed by atoms with Crippen LogP contribution in [0.3, 0.4) is 0 Å². The molecule has 0 unspecified atom stereocenters. The number of rotatable bonds is 1. The number of benzene rings is 2. The van der Waals surface area contributed by atoms with Gasteiger partial charge >= 0.3 is 0 Å². The molecule has 0 saturated heterocycles. The second kappa shape index (κ2) is 4.17. The van der Waals surface area contributed by atoms with Crippen LogP contribution in [-0.4, -0.2) is 16.2 Å². The molecule has 1 aliphatic heterocycles. The molecular formula is C17H12N2O. The first-order valence-electron chi connectivity index (χ1n) is 6.58. The smallest absolute Gasteiger partial charge is 0.266 e. The van der Waals surface area contributed by atoms with Crippen LogP contribution in [0.1, 0.15) is 11.1 Å². The number of carbonyl (C=O) groups is 1. The number of amides is 1. The number of para-hydroxylation sites is 1. The Labute approximate surface area is 116 Å². The van der Waals surface area contributed by atoms with Crippen LogP contribution in [0.4, 0.5) is 0 Å². The molecule has 3 heteroatoms. The number of hydrogen-bond donors (Lipinski definition) is 0. The first kappa shape index (κ1) is 11.2. The maximum Gasteiger partial charge on any atom is 0.266 e. The Hall–Kier alpha value is -2.68. The van der Waals surface area contributed by atoms with E-state index in [2.05, 4.69) is 11.1 Å². The minimum atomic E-state index is -0.113. The normalized spacial score (nSPS) is 14.2. The third-order valence-electron chi connectivity index (χ3n) is 3.63. The van der Waals surface area contributed by atoms with Crippen LogP contribution in [0.2, 0.25) is 0 Å². The molecule has 20 heavy (non-hydrogen) atoms. The minimum absolute atomic E-state index is 0.113. The zero-order valence-corrected chi connectivity index (χ0v) is 10.8. The molecule has 0 atom stereocenters. The second-order valence-electron chi connectivity index (χ2n) is 4.91. The lowest BCUT2D eigenvalue weighted by Crippen LogP contribution is -2.06. The average Bonchev–Trinajstić information content (AvgIpc) is 2.82. The van der Waals surface area contributed by atoms with Gasteiger partial charge in [0.15, 0.2) is 0 Å². The summed E-state index contributed by atoms with van der Waals surface area (Å²) in [6.45, 7) is 0.302. The zero-order valence-electron chi connectivity index (χ0n) is 10.8. The minimum Gasteiger partial charge on any atom is -0.337 e. The number of aromatic nitrogens is 1. The molecular weight excluding hydrogens is 248 g/mol. The van der Waals surface area contributed by atoms with Gasteiger partial charge < -0.3 is 4.57 Å². The Balaban J connectivity index is 2.07. The summed E-state index contributed by atoms with van der Waals surface area (Å²) in [5, 5.41) is 1.14. The molecule has 1 aromatic heterocycles. The van der Waals surface area contributed by atoms with Gasteiger partial charge in [-0.3, -0.25) is 4.79 Å². The summed E-state index contributed by atoms with van der Waals surface area (Å²) in [5.74, 6) is -0.113. The number of carbonyl (C=O) groups excluding carboxylic acids is 1. The molecule has 2 aromatic carbocycles. The van der Waals surface area contributed by atoms with Crippen LogP contribution in [-0.2, 0) is 11.3 Å². The lowest BCUT2D eigenvalue weighted by atomic mass is 10.0. The highest BCUT2D eigenvalue weighted by molar-refractivity contribution is 6.22. The fourth-order valence-corrected chi connectivity index (χ4v) is 2.77. The van der Waals surface area contributed by atoms with Crippen molar-refractivity contribution < 1.29 is 4.79 Å². The first-order chi connectivity index (χ1) is 9.83. The highest BCUT2D eigenvalue weighted by atomic mass is 16.1. The summed E-state index contributed by atoms with van der Waals surface area (Å²) in [6, 6.07) is 18.0. The van der Waals surface area contributed by atoms with E-state index in [1.165, 1.54) is 0 Å². The van der Waals surface area contributed by atoms with Crippen molar-refractivity contribution in [3.8, 4) is 0 Å². The fourth-order valence-electron chi connectivity index (χ4n) is 2.77. The topological polar surface area (TPSA) is 34.4 Å². The van der Waals surface area contributed by atoms with Crippen molar-refractivity contribution in [1.29, 1.82) is 0 Å². The van der Waals surface area contributed by atoms with Gasteiger partial charge in [-0.2, -0.15) is 0 Å². The maximum atomic E-state index is 12.1. The Morgan fingerprint density at radius 1 is 0.950 bits per heavy atom. The molecule has 0 bridgehead atoms. The molecule has 96 valence electrons. The van der Waals surface area contributed by atoms with E-state index in [4.69, 9.17) is 0 Å². The van der Waals surface area contributed by atoms with Crippen LogP contribution in [0.25, 0.3) is 10.9 Å².